The fourth-order valence-corrected chi connectivity index (χ4v) is 0.617. The van der Waals surface area contributed by atoms with E-state index >= 15 is 0 Å². The lowest BCUT2D eigenvalue weighted by Gasteiger charge is -2.03. The molecule has 18 heavy (non-hydrogen) atoms. The first kappa shape index (κ1) is 21.7. The number of allylic oxidation sites excluding steroid dienone is 2. The van der Waals surface area contributed by atoms with E-state index in [1.165, 1.54) is 6.92 Å². The van der Waals surface area contributed by atoms with Crippen LogP contribution >= 0.6 is 0 Å². The van der Waals surface area contributed by atoms with E-state index < -0.39 is 0 Å². The summed E-state index contributed by atoms with van der Waals surface area (Å²) in [6.45, 7) is 14.0. The average Bonchev–Trinajstić information content (AvgIpc) is 2.27. The summed E-state index contributed by atoms with van der Waals surface area (Å²) < 4.78 is 9.27. The molecule has 0 fully saturated rings. The van der Waals surface area contributed by atoms with Crippen LogP contribution in [0.25, 0.3) is 0 Å². The number of hydrogen-bond acceptors (Lipinski definition) is 4. The van der Waals surface area contributed by atoms with Gasteiger partial charge in [0.25, 0.3) is 0 Å². The van der Waals surface area contributed by atoms with Crippen LogP contribution in [0.3, 0.4) is 0 Å². The second-order valence-corrected chi connectivity index (χ2v) is 3.13. The lowest BCUT2D eigenvalue weighted by molar-refractivity contribution is -0.151. The topological polar surface area (TPSA) is 52.6 Å². The Balaban J connectivity index is -0.000000315. The van der Waals surface area contributed by atoms with Gasteiger partial charge in [0.05, 0.1) is 0 Å². The summed E-state index contributed by atoms with van der Waals surface area (Å²) in [5.74, 6) is -0.605. The minimum Gasteiger partial charge on any atom is -0.462 e. The van der Waals surface area contributed by atoms with Gasteiger partial charge in [0.2, 0.25) is 0 Å². The molecule has 0 bridgehead atoms. The predicted molar refractivity (Wildman–Crippen MR) is 74.2 cm³/mol. The van der Waals surface area contributed by atoms with Crippen LogP contribution < -0.4 is 0 Å². The van der Waals surface area contributed by atoms with Crippen LogP contribution in [-0.2, 0) is 19.1 Å². The van der Waals surface area contributed by atoms with Crippen LogP contribution in [0.15, 0.2) is 25.3 Å². The molecule has 0 aromatic heterocycles. The van der Waals surface area contributed by atoms with Crippen molar-refractivity contribution in [1.29, 1.82) is 0 Å². The summed E-state index contributed by atoms with van der Waals surface area (Å²) in [5, 5.41) is 0. The van der Waals surface area contributed by atoms with Gasteiger partial charge in [-0.15, -0.1) is 13.2 Å². The first-order chi connectivity index (χ1) is 8.49. The van der Waals surface area contributed by atoms with Gasteiger partial charge in [0, 0.05) is 13.3 Å². The van der Waals surface area contributed by atoms with Crippen LogP contribution in [0, 0.1) is 0 Å². The SMILES string of the molecule is C=CC.C=CC.CCCC(=O)OCCOC(C)=O. The largest absolute Gasteiger partial charge is 0.462 e. The molecular weight excluding hydrogens is 232 g/mol. The Kier molecular flexibility index (Phi) is 25.0. The van der Waals surface area contributed by atoms with Crippen LogP contribution in [-0.4, -0.2) is 25.2 Å². The number of hydrogen-bond donors (Lipinski definition) is 0. The normalized spacial score (nSPS) is 7.56. The maximum atomic E-state index is 10.7. The van der Waals surface area contributed by atoms with E-state index in [-0.39, 0.29) is 25.2 Å². The fraction of sp³-hybridized carbons (Fsp3) is 0.571. The molecule has 0 aliphatic rings. The Hall–Kier alpha value is -1.58. The highest BCUT2D eigenvalue weighted by atomic mass is 16.6. The van der Waals surface area contributed by atoms with Gasteiger partial charge >= 0.3 is 11.9 Å². The van der Waals surface area contributed by atoms with Crippen molar-refractivity contribution in [2.45, 2.75) is 40.5 Å². The van der Waals surface area contributed by atoms with E-state index in [1.807, 2.05) is 20.8 Å². The molecule has 0 spiro atoms. The zero-order valence-corrected chi connectivity index (χ0v) is 12.0. The number of rotatable bonds is 5. The average molecular weight is 258 g/mol. The molecule has 0 saturated heterocycles. The molecule has 0 aromatic rings. The first-order valence-corrected chi connectivity index (χ1v) is 5.93. The summed E-state index contributed by atoms with van der Waals surface area (Å²) in [5.41, 5.74) is 0. The Morgan fingerprint density at radius 1 is 1.06 bits per heavy atom. The highest BCUT2D eigenvalue weighted by Gasteiger charge is 2.00. The van der Waals surface area contributed by atoms with Crippen LogP contribution in [0.4, 0.5) is 0 Å². The molecular formula is C14H26O4. The van der Waals surface area contributed by atoms with Gasteiger partial charge < -0.3 is 9.47 Å². The third-order valence-electron chi connectivity index (χ3n) is 1.11. The molecule has 0 aromatic carbocycles. The Labute approximate surface area is 111 Å². The molecule has 0 rings (SSSR count). The summed E-state index contributed by atoms with van der Waals surface area (Å²) >= 11 is 0. The molecule has 0 N–H and O–H groups in total. The van der Waals surface area contributed by atoms with Gasteiger partial charge in [0.1, 0.15) is 13.2 Å². The zero-order valence-electron chi connectivity index (χ0n) is 12.0. The summed E-state index contributed by atoms with van der Waals surface area (Å²) in [4.78, 5) is 21.0. The van der Waals surface area contributed by atoms with Crippen LogP contribution in [0.1, 0.15) is 40.5 Å². The molecule has 0 heterocycles. The molecule has 0 aliphatic carbocycles. The fourth-order valence-electron chi connectivity index (χ4n) is 0.617. The molecule has 0 amide bonds. The van der Waals surface area contributed by atoms with E-state index in [2.05, 4.69) is 17.9 Å². The Morgan fingerprint density at radius 2 is 1.44 bits per heavy atom. The number of esters is 2. The highest BCUT2D eigenvalue weighted by Crippen LogP contribution is 1.90. The molecule has 4 nitrogen and oxygen atoms in total. The second kappa shape index (κ2) is 20.8. The van der Waals surface area contributed by atoms with Gasteiger partial charge in [0.15, 0.2) is 0 Å². The van der Waals surface area contributed by atoms with E-state index in [4.69, 9.17) is 4.74 Å². The smallest absolute Gasteiger partial charge is 0.305 e. The maximum Gasteiger partial charge on any atom is 0.305 e. The molecule has 0 radical (unpaired) electrons. The Bertz CT molecular complexity index is 216. The van der Waals surface area contributed by atoms with Crippen LogP contribution in [0.5, 0.6) is 0 Å². The van der Waals surface area contributed by atoms with Crippen molar-refractivity contribution in [2.75, 3.05) is 13.2 Å². The predicted octanol–water partition coefficient (Wildman–Crippen LogP) is 3.28. The minimum absolute atomic E-state index is 0.144. The van der Waals surface area contributed by atoms with Gasteiger partial charge in [-0.25, -0.2) is 0 Å². The molecule has 106 valence electrons. The zero-order chi connectivity index (χ0) is 14.8. The number of carbonyl (C=O) groups is 2. The Morgan fingerprint density at radius 3 is 1.78 bits per heavy atom. The highest BCUT2D eigenvalue weighted by molar-refractivity contribution is 5.69. The van der Waals surface area contributed by atoms with E-state index in [0.29, 0.717) is 6.42 Å². The molecule has 0 aliphatic heterocycles. The van der Waals surface area contributed by atoms with Crippen molar-refractivity contribution in [3.63, 3.8) is 0 Å². The second-order valence-electron chi connectivity index (χ2n) is 3.13. The van der Waals surface area contributed by atoms with E-state index in [0.717, 1.165) is 6.42 Å². The summed E-state index contributed by atoms with van der Waals surface area (Å²) in [7, 11) is 0. The first-order valence-electron chi connectivity index (χ1n) is 5.93. The van der Waals surface area contributed by atoms with Crippen LogP contribution in [0.2, 0.25) is 0 Å². The van der Waals surface area contributed by atoms with Gasteiger partial charge in [-0.3, -0.25) is 9.59 Å². The molecule has 0 atom stereocenters. The lowest BCUT2D eigenvalue weighted by atomic mass is 10.3. The van der Waals surface area contributed by atoms with Gasteiger partial charge in [-0.05, 0) is 20.3 Å². The quantitative estimate of drug-likeness (QED) is 0.431. The van der Waals surface area contributed by atoms with Crippen molar-refractivity contribution in [3.05, 3.63) is 25.3 Å². The monoisotopic (exact) mass is 258 g/mol. The molecule has 0 saturated carbocycles. The minimum atomic E-state index is -0.360. The number of carbonyl (C=O) groups excluding carboxylic acids is 2. The van der Waals surface area contributed by atoms with Crippen molar-refractivity contribution in [3.8, 4) is 0 Å². The molecule has 0 unspecified atom stereocenters. The third kappa shape index (κ3) is 36.6. The maximum absolute atomic E-state index is 10.7. The van der Waals surface area contributed by atoms with Crippen molar-refractivity contribution >= 4 is 11.9 Å². The van der Waals surface area contributed by atoms with Crippen molar-refractivity contribution in [1.82, 2.24) is 0 Å². The van der Waals surface area contributed by atoms with E-state index in [1.54, 1.807) is 12.2 Å². The van der Waals surface area contributed by atoms with E-state index in [9.17, 15) is 9.59 Å². The summed E-state index contributed by atoms with van der Waals surface area (Å²) in [6, 6.07) is 0. The summed E-state index contributed by atoms with van der Waals surface area (Å²) in [6.07, 6.45) is 4.69. The van der Waals surface area contributed by atoms with Crippen molar-refractivity contribution < 1.29 is 19.1 Å². The van der Waals surface area contributed by atoms with Gasteiger partial charge in [-0.2, -0.15) is 0 Å². The lowest BCUT2D eigenvalue weighted by Crippen LogP contribution is -2.11. The van der Waals surface area contributed by atoms with Crippen molar-refractivity contribution in [2.24, 2.45) is 0 Å². The van der Waals surface area contributed by atoms with Gasteiger partial charge in [-0.1, -0.05) is 19.1 Å². The number of ether oxygens (including phenoxy) is 2. The third-order valence-corrected chi connectivity index (χ3v) is 1.11. The standard InChI is InChI=1S/C8H14O4.2C3H6/c1-3-4-8(10)12-6-5-11-7(2)9;2*1-3-2/h3-6H2,1-2H3;2*3H,1H2,2H3. The molecule has 4 heteroatoms.